The van der Waals surface area contributed by atoms with Gasteiger partial charge in [-0.25, -0.2) is 20.2 Å². The molecule has 0 amide bonds. The second-order valence-electron chi connectivity index (χ2n) is 4.19. The maximum Gasteiger partial charge on any atom is 0.162 e. The summed E-state index contributed by atoms with van der Waals surface area (Å²) in [6, 6.07) is 11.9. The van der Waals surface area contributed by atoms with Gasteiger partial charge in [0, 0.05) is 10.9 Å². The summed E-state index contributed by atoms with van der Waals surface area (Å²) in [6.07, 6.45) is 0. The van der Waals surface area contributed by atoms with Crippen LogP contribution in [0.15, 0.2) is 42.5 Å². The first-order valence-electron chi connectivity index (χ1n) is 5.88. The normalized spacial score (nSPS) is 10.8. The maximum absolute atomic E-state index is 13.5. The van der Waals surface area contributed by atoms with Gasteiger partial charge in [0.15, 0.2) is 11.6 Å². The van der Waals surface area contributed by atoms with Crippen molar-refractivity contribution in [3.05, 3.63) is 53.3 Å². The lowest BCUT2D eigenvalue weighted by Gasteiger charge is -2.08. The van der Waals surface area contributed by atoms with Gasteiger partial charge in [0.25, 0.3) is 0 Å². The van der Waals surface area contributed by atoms with Crippen LogP contribution < -0.4 is 11.3 Å². The van der Waals surface area contributed by atoms with Crippen molar-refractivity contribution in [3.63, 3.8) is 0 Å². The van der Waals surface area contributed by atoms with Gasteiger partial charge in [0.1, 0.15) is 5.82 Å². The highest BCUT2D eigenvalue weighted by Gasteiger charge is 2.10. The Kier molecular flexibility index (Phi) is 3.22. The molecule has 0 atom stereocenters. The van der Waals surface area contributed by atoms with Gasteiger partial charge >= 0.3 is 0 Å². The number of benzene rings is 2. The van der Waals surface area contributed by atoms with Crippen LogP contribution in [0.1, 0.15) is 0 Å². The molecule has 0 radical (unpaired) electrons. The van der Waals surface area contributed by atoms with Crippen molar-refractivity contribution in [1.29, 1.82) is 0 Å². The predicted molar refractivity (Wildman–Crippen MR) is 77.8 cm³/mol. The monoisotopic (exact) mass is 288 g/mol. The number of nitrogens with two attached hydrogens (primary N) is 1. The second-order valence-corrected chi connectivity index (χ2v) is 4.59. The maximum atomic E-state index is 13.5. The van der Waals surface area contributed by atoms with Crippen molar-refractivity contribution < 1.29 is 4.39 Å². The van der Waals surface area contributed by atoms with Gasteiger partial charge in [-0.1, -0.05) is 23.7 Å². The van der Waals surface area contributed by atoms with E-state index in [9.17, 15) is 4.39 Å². The fourth-order valence-electron chi connectivity index (χ4n) is 1.95. The fourth-order valence-corrected chi connectivity index (χ4v) is 2.07. The standard InChI is InChI=1S/C14H10ClFN4/c15-10-6-5-8(7-11(10)16)13-18-12-4-2-1-3-9(12)14(19-13)20-17/h1-7H,17H2,(H,18,19,20). The molecule has 0 aliphatic heterocycles. The smallest absolute Gasteiger partial charge is 0.162 e. The molecule has 0 saturated heterocycles. The zero-order chi connectivity index (χ0) is 14.1. The molecule has 0 spiro atoms. The molecule has 6 heteroatoms. The third-order valence-corrected chi connectivity index (χ3v) is 3.22. The molecule has 0 aliphatic carbocycles. The minimum atomic E-state index is -0.511. The molecule has 0 aliphatic rings. The largest absolute Gasteiger partial charge is 0.308 e. The van der Waals surface area contributed by atoms with Crippen LogP contribution in [-0.2, 0) is 0 Å². The van der Waals surface area contributed by atoms with Crippen LogP contribution in [0, 0.1) is 5.82 Å². The Labute approximate surface area is 119 Å². The van der Waals surface area contributed by atoms with E-state index in [1.54, 1.807) is 6.07 Å². The van der Waals surface area contributed by atoms with E-state index in [1.807, 2.05) is 24.3 Å². The summed E-state index contributed by atoms with van der Waals surface area (Å²) >= 11 is 5.67. The van der Waals surface area contributed by atoms with Gasteiger partial charge in [-0.05, 0) is 30.3 Å². The molecule has 1 heterocycles. The van der Waals surface area contributed by atoms with Crippen LogP contribution in [-0.4, -0.2) is 9.97 Å². The van der Waals surface area contributed by atoms with Gasteiger partial charge < -0.3 is 5.43 Å². The number of anilines is 1. The van der Waals surface area contributed by atoms with Gasteiger partial charge in [0.05, 0.1) is 10.5 Å². The SMILES string of the molecule is NNc1nc(-c2ccc(Cl)c(F)c2)nc2ccccc12. The number of nitrogen functional groups attached to an aromatic ring is 1. The van der Waals surface area contributed by atoms with E-state index < -0.39 is 5.82 Å². The van der Waals surface area contributed by atoms with Gasteiger partial charge in [-0.2, -0.15) is 0 Å². The first kappa shape index (κ1) is 12.8. The molecule has 4 nitrogen and oxygen atoms in total. The van der Waals surface area contributed by atoms with Crippen LogP contribution in [0.5, 0.6) is 0 Å². The molecular formula is C14H10ClFN4. The summed E-state index contributed by atoms with van der Waals surface area (Å²) in [6.45, 7) is 0. The Morgan fingerprint density at radius 2 is 1.90 bits per heavy atom. The third kappa shape index (κ3) is 2.17. The van der Waals surface area contributed by atoms with Crippen LogP contribution in [0.3, 0.4) is 0 Å². The number of halogens is 2. The summed E-state index contributed by atoms with van der Waals surface area (Å²) < 4.78 is 13.5. The van der Waals surface area contributed by atoms with Crippen molar-refractivity contribution in [1.82, 2.24) is 9.97 Å². The van der Waals surface area contributed by atoms with E-state index in [0.29, 0.717) is 17.2 Å². The van der Waals surface area contributed by atoms with Crippen LogP contribution in [0.4, 0.5) is 10.2 Å². The van der Waals surface area contributed by atoms with Crippen molar-refractivity contribution in [2.45, 2.75) is 0 Å². The molecule has 3 aromatic rings. The molecule has 0 fully saturated rings. The first-order chi connectivity index (χ1) is 9.69. The molecule has 2 aromatic carbocycles. The van der Waals surface area contributed by atoms with Gasteiger partial charge in [-0.3, -0.25) is 0 Å². The Hall–Kier alpha value is -2.24. The Morgan fingerprint density at radius 1 is 1.10 bits per heavy atom. The number of hydrogen-bond donors (Lipinski definition) is 2. The Balaban J connectivity index is 2.23. The zero-order valence-electron chi connectivity index (χ0n) is 10.3. The van der Waals surface area contributed by atoms with E-state index in [4.69, 9.17) is 17.4 Å². The number of fused-ring (bicyclic) bond motifs is 1. The molecule has 0 unspecified atom stereocenters. The summed E-state index contributed by atoms with van der Waals surface area (Å²) in [7, 11) is 0. The predicted octanol–water partition coefficient (Wildman–Crippen LogP) is 3.37. The highest BCUT2D eigenvalue weighted by Crippen LogP contribution is 2.26. The molecule has 0 bridgehead atoms. The molecule has 100 valence electrons. The van der Waals surface area contributed by atoms with Crippen molar-refractivity contribution in [2.24, 2.45) is 5.84 Å². The van der Waals surface area contributed by atoms with Crippen molar-refractivity contribution in [2.75, 3.05) is 5.43 Å². The minimum Gasteiger partial charge on any atom is -0.308 e. The second kappa shape index (κ2) is 5.03. The quantitative estimate of drug-likeness (QED) is 0.560. The minimum absolute atomic E-state index is 0.0618. The summed E-state index contributed by atoms with van der Waals surface area (Å²) in [5.41, 5.74) is 3.79. The van der Waals surface area contributed by atoms with Crippen molar-refractivity contribution in [3.8, 4) is 11.4 Å². The molecule has 1 aromatic heterocycles. The number of para-hydroxylation sites is 1. The van der Waals surface area contributed by atoms with E-state index in [0.717, 1.165) is 10.9 Å². The lowest BCUT2D eigenvalue weighted by atomic mass is 10.2. The summed E-state index contributed by atoms with van der Waals surface area (Å²) in [4.78, 5) is 8.71. The third-order valence-electron chi connectivity index (χ3n) is 2.92. The first-order valence-corrected chi connectivity index (χ1v) is 6.25. The summed E-state index contributed by atoms with van der Waals surface area (Å²) in [5, 5.41) is 0.861. The van der Waals surface area contributed by atoms with Gasteiger partial charge in [-0.15, -0.1) is 0 Å². The number of nitrogens with one attached hydrogen (secondary N) is 1. The topological polar surface area (TPSA) is 63.8 Å². The van der Waals surface area contributed by atoms with Crippen LogP contribution in [0.2, 0.25) is 5.02 Å². The number of nitrogens with zero attached hydrogens (tertiary/aromatic N) is 2. The highest BCUT2D eigenvalue weighted by molar-refractivity contribution is 6.30. The van der Waals surface area contributed by atoms with E-state index in [2.05, 4.69) is 15.4 Å². The lowest BCUT2D eigenvalue weighted by molar-refractivity contribution is 0.628. The van der Waals surface area contributed by atoms with Crippen molar-refractivity contribution >= 4 is 28.3 Å². The van der Waals surface area contributed by atoms with Crippen LogP contribution >= 0.6 is 11.6 Å². The fraction of sp³-hybridized carbons (Fsp3) is 0. The van der Waals surface area contributed by atoms with E-state index in [1.165, 1.54) is 12.1 Å². The average Bonchev–Trinajstić information content (AvgIpc) is 2.49. The number of aromatic nitrogens is 2. The number of hydrogen-bond acceptors (Lipinski definition) is 4. The molecule has 0 saturated carbocycles. The number of rotatable bonds is 2. The van der Waals surface area contributed by atoms with E-state index >= 15 is 0 Å². The Morgan fingerprint density at radius 3 is 2.65 bits per heavy atom. The zero-order valence-corrected chi connectivity index (χ0v) is 11.0. The molecule has 20 heavy (non-hydrogen) atoms. The highest BCUT2D eigenvalue weighted by atomic mass is 35.5. The Bertz CT molecular complexity index is 791. The van der Waals surface area contributed by atoms with Crippen LogP contribution in [0.25, 0.3) is 22.3 Å². The lowest BCUT2D eigenvalue weighted by Crippen LogP contribution is -2.10. The molecular weight excluding hydrogens is 279 g/mol. The average molecular weight is 289 g/mol. The van der Waals surface area contributed by atoms with E-state index in [-0.39, 0.29) is 5.02 Å². The summed E-state index contributed by atoms with van der Waals surface area (Å²) in [5.74, 6) is 5.84. The van der Waals surface area contributed by atoms with Gasteiger partial charge in [0.2, 0.25) is 0 Å². The number of hydrazine groups is 1. The molecule has 3 rings (SSSR count). The molecule has 3 N–H and O–H groups in total.